The van der Waals surface area contributed by atoms with Crippen LogP contribution in [0.1, 0.15) is 28.7 Å². The minimum atomic E-state index is -0.212. The molecule has 1 aromatic heterocycles. The van der Waals surface area contributed by atoms with Crippen molar-refractivity contribution in [2.24, 2.45) is 0 Å². The summed E-state index contributed by atoms with van der Waals surface area (Å²) < 4.78 is 1.64. The third-order valence-electron chi connectivity index (χ3n) is 3.79. The maximum atomic E-state index is 12.4. The van der Waals surface area contributed by atoms with Crippen molar-refractivity contribution in [1.82, 2.24) is 15.0 Å². The highest BCUT2D eigenvalue weighted by atomic mass is 16.1. The predicted molar refractivity (Wildman–Crippen MR) is 100 cm³/mol. The normalized spacial score (nSPS) is 10.8. The zero-order valence-corrected chi connectivity index (χ0v) is 14.5. The van der Waals surface area contributed by atoms with E-state index in [1.807, 2.05) is 49.4 Å². The van der Waals surface area contributed by atoms with Crippen molar-refractivity contribution in [3.8, 4) is 5.69 Å². The fourth-order valence-corrected chi connectivity index (χ4v) is 2.50. The molecule has 2 aromatic carbocycles. The number of hydrogen-bond donors (Lipinski definition) is 1. The summed E-state index contributed by atoms with van der Waals surface area (Å²) >= 11 is 0. The predicted octanol–water partition coefficient (Wildman–Crippen LogP) is 3.43. The van der Waals surface area contributed by atoms with Crippen molar-refractivity contribution in [1.29, 1.82) is 0 Å². The Labute approximate surface area is 151 Å². The lowest BCUT2D eigenvalue weighted by molar-refractivity contribution is -0.114. The average Bonchev–Trinajstić information content (AvgIpc) is 3.03. The van der Waals surface area contributed by atoms with Gasteiger partial charge >= 0.3 is 0 Å². The molecular formula is C20H18N4O2. The molecule has 6 heteroatoms. The summed E-state index contributed by atoms with van der Waals surface area (Å²) in [5, 5.41) is 10.8. The van der Waals surface area contributed by atoms with E-state index < -0.39 is 0 Å². The highest BCUT2D eigenvalue weighted by molar-refractivity contribution is 6.06. The highest BCUT2D eigenvalue weighted by Gasteiger charge is 2.14. The van der Waals surface area contributed by atoms with E-state index in [0.717, 1.165) is 11.3 Å². The van der Waals surface area contributed by atoms with E-state index >= 15 is 0 Å². The van der Waals surface area contributed by atoms with Crippen molar-refractivity contribution >= 4 is 23.5 Å². The van der Waals surface area contributed by atoms with Gasteiger partial charge in [-0.05, 0) is 42.8 Å². The van der Waals surface area contributed by atoms with Crippen LogP contribution in [0.25, 0.3) is 11.8 Å². The Morgan fingerprint density at radius 3 is 2.38 bits per heavy atom. The van der Waals surface area contributed by atoms with Crippen LogP contribution in [0.4, 0.5) is 5.69 Å². The fourth-order valence-electron chi connectivity index (χ4n) is 2.50. The molecule has 1 heterocycles. The summed E-state index contributed by atoms with van der Waals surface area (Å²) in [6.45, 7) is 3.27. The van der Waals surface area contributed by atoms with Crippen molar-refractivity contribution in [3.05, 3.63) is 77.6 Å². The third-order valence-corrected chi connectivity index (χ3v) is 3.79. The smallest absolute Gasteiger partial charge is 0.221 e. The lowest BCUT2D eigenvalue weighted by atomic mass is 10.1. The standard InChI is InChI=1S/C20H18N4O2/c1-14-20(22-23-24(14)18-6-4-3-5-7-18)19(26)13-10-16-8-11-17(12-9-16)21-15(2)25/h3-13H,1-2H3,(H,21,25). The molecule has 1 amide bonds. The second kappa shape index (κ2) is 7.57. The molecule has 0 radical (unpaired) electrons. The quantitative estimate of drug-likeness (QED) is 0.567. The van der Waals surface area contributed by atoms with E-state index in [-0.39, 0.29) is 11.7 Å². The van der Waals surface area contributed by atoms with Gasteiger partial charge in [-0.2, -0.15) is 0 Å². The van der Waals surface area contributed by atoms with E-state index in [1.54, 1.807) is 22.9 Å². The number of allylic oxidation sites excluding steroid dienone is 1. The molecule has 0 atom stereocenters. The van der Waals surface area contributed by atoms with Crippen LogP contribution in [0.15, 0.2) is 60.7 Å². The monoisotopic (exact) mass is 346 g/mol. The number of amides is 1. The average molecular weight is 346 g/mol. The molecule has 0 saturated carbocycles. The van der Waals surface area contributed by atoms with Gasteiger partial charge in [0, 0.05) is 12.6 Å². The van der Waals surface area contributed by atoms with Crippen LogP contribution in [0, 0.1) is 6.92 Å². The van der Waals surface area contributed by atoms with E-state index in [1.165, 1.54) is 13.0 Å². The third kappa shape index (κ3) is 3.92. The number of nitrogens with one attached hydrogen (secondary N) is 1. The molecule has 3 rings (SSSR count). The van der Waals surface area contributed by atoms with Crippen LogP contribution in [0.2, 0.25) is 0 Å². The van der Waals surface area contributed by atoms with Crippen molar-refractivity contribution in [3.63, 3.8) is 0 Å². The summed E-state index contributed by atoms with van der Waals surface area (Å²) in [6.07, 6.45) is 3.18. The number of hydrogen-bond acceptors (Lipinski definition) is 4. The second-order valence-corrected chi connectivity index (χ2v) is 5.77. The molecule has 0 aliphatic rings. The zero-order chi connectivity index (χ0) is 18.5. The molecule has 0 unspecified atom stereocenters. The van der Waals surface area contributed by atoms with Gasteiger partial charge in [0.2, 0.25) is 11.7 Å². The number of carbonyl (C=O) groups is 2. The number of ketones is 1. The number of aromatic nitrogens is 3. The van der Waals surface area contributed by atoms with Gasteiger partial charge < -0.3 is 5.32 Å². The minimum absolute atomic E-state index is 0.125. The summed E-state index contributed by atoms with van der Waals surface area (Å²) in [4.78, 5) is 23.5. The molecule has 0 aliphatic heterocycles. The number of benzene rings is 2. The largest absolute Gasteiger partial charge is 0.326 e. The van der Waals surface area contributed by atoms with Gasteiger partial charge in [-0.1, -0.05) is 41.6 Å². The van der Waals surface area contributed by atoms with Crippen molar-refractivity contribution in [2.75, 3.05) is 5.32 Å². The first kappa shape index (κ1) is 17.3. The Balaban J connectivity index is 1.75. The van der Waals surface area contributed by atoms with Gasteiger partial charge in [-0.15, -0.1) is 5.10 Å². The first-order valence-corrected chi connectivity index (χ1v) is 8.12. The lowest BCUT2D eigenvalue weighted by Gasteiger charge is -2.02. The van der Waals surface area contributed by atoms with Crippen LogP contribution in [0.3, 0.4) is 0 Å². The number of nitrogens with zero attached hydrogens (tertiary/aromatic N) is 3. The van der Waals surface area contributed by atoms with Crippen LogP contribution >= 0.6 is 0 Å². The van der Waals surface area contributed by atoms with Crippen molar-refractivity contribution < 1.29 is 9.59 Å². The first-order chi connectivity index (χ1) is 12.5. The lowest BCUT2D eigenvalue weighted by Crippen LogP contribution is -2.05. The molecule has 0 bridgehead atoms. The molecule has 6 nitrogen and oxygen atoms in total. The molecule has 1 N–H and O–H groups in total. The van der Waals surface area contributed by atoms with E-state index in [2.05, 4.69) is 15.6 Å². The van der Waals surface area contributed by atoms with Gasteiger partial charge in [-0.3, -0.25) is 9.59 Å². The Morgan fingerprint density at radius 1 is 1.04 bits per heavy atom. The molecule has 26 heavy (non-hydrogen) atoms. The van der Waals surface area contributed by atoms with E-state index in [4.69, 9.17) is 0 Å². The number of anilines is 1. The molecule has 0 saturated heterocycles. The molecule has 0 fully saturated rings. The summed E-state index contributed by atoms with van der Waals surface area (Å²) in [5.74, 6) is -0.337. The van der Waals surface area contributed by atoms with Gasteiger partial charge in [0.25, 0.3) is 0 Å². The summed E-state index contributed by atoms with van der Waals surface area (Å²) in [5.41, 5.74) is 3.42. The number of rotatable bonds is 5. The maximum Gasteiger partial charge on any atom is 0.221 e. The van der Waals surface area contributed by atoms with Gasteiger partial charge in [0.1, 0.15) is 0 Å². The number of carbonyl (C=O) groups excluding carboxylic acids is 2. The van der Waals surface area contributed by atoms with Crippen LogP contribution < -0.4 is 5.32 Å². The molecule has 0 spiro atoms. The zero-order valence-electron chi connectivity index (χ0n) is 14.5. The molecular weight excluding hydrogens is 328 g/mol. The Bertz CT molecular complexity index is 957. The van der Waals surface area contributed by atoms with Crippen LogP contribution in [0.5, 0.6) is 0 Å². The van der Waals surface area contributed by atoms with Crippen LogP contribution in [-0.2, 0) is 4.79 Å². The highest BCUT2D eigenvalue weighted by Crippen LogP contribution is 2.14. The van der Waals surface area contributed by atoms with Crippen molar-refractivity contribution in [2.45, 2.75) is 13.8 Å². The van der Waals surface area contributed by atoms with Gasteiger partial charge in [0.15, 0.2) is 5.69 Å². The van der Waals surface area contributed by atoms with Gasteiger partial charge in [0.05, 0.1) is 11.4 Å². The second-order valence-electron chi connectivity index (χ2n) is 5.77. The van der Waals surface area contributed by atoms with E-state index in [9.17, 15) is 9.59 Å². The Morgan fingerprint density at radius 2 is 1.73 bits per heavy atom. The maximum absolute atomic E-state index is 12.4. The molecule has 130 valence electrons. The Hall–Kier alpha value is -3.54. The molecule has 0 aliphatic carbocycles. The summed E-state index contributed by atoms with van der Waals surface area (Å²) in [7, 11) is 0. The van der Waals surface area contributed by atoms with E-state index in [0.29, 0.717) is 17.1 Å². The summed E-state index contributed by atoms with van der Waals surface area (Å²) in [6, 6.07) is 16.7. The van der Waals surface area contributed by atoms with Crippen LogP contribution in [-0.4, -0.2) is 26.7 Å². The fraction of sp³-hybridized carbons (Fsp3) is 0.100. The Kier molecular flexibility index (Phi) is 5.03. The minimum Gasteiger partial charge on any atom is -0.326 e. The first-order valence-electron chi connectivity index (χ1n) is 8.12. The topological polar surface area (TPSA) is 76.9 Å². The van der Waals surface area contributed by atoms with Gasteiger partial charge in [-0.25, -0.2) is 4.68 Å². The number of para-hydroxylation sites is 1. The molecule has 3 aromatic rings. The SMILES string of the molecule is CC(=O)Nc1ccc(C=CC(=O)c2nnn(-c3ccccc3)c2C)cc1.